The molecule has 1 aliphatic rings. The minimum Gasteiger partial charge on any atom is -0.361 e. The Morgan fingerprint density at radius 3 is 2.81 bits per heavy atom. The second-order valence-corrected chi connectivity index (χ2v) is 6.68. The summed E-state index contributed by atoms with van der Waals surface area (Å²) in [5.74, 6) is 1.27. The standard InChI is InChI=1S/C19H20N6O2/c1-11-18(12(2)27-24-11)16-9-15(22-13(3)23-16)17-5-4-8-25(17)19(26)14-6-7-20-10-21-14/h6-7,9-10,17H,4-5,8H2,1-3H3. The van der Waals surface area contributed by atoms with Crippen LogP contribution in [0.15, 0.2) is 29.2 Å². The predicted molar refractivity (Wildman–Crippen MR) is 96.8 cm³/mol. The van der Waals surface area contributed by atoms with Crippen molar-refractivity contribution in [3.05, 3.63) is 53.3 Å². The lowest BCUT2D eigenvalue weighted by molar-refractivity contribution is 0.0726. The third-order valence-electron chi connectivity index (χ3n) is 4.80. The van der Waals surface area contributed by atoms with Crippen LogP contribution in [0.5, 0.6) is 0 Å². The van der Waals surface area contributed by atoms with Gasteiger partial charge in [0.15, 0.2) is 0 Å². The maximum Gasteiger partial charge on any atom is 0.273 e. The van der Waals surface area contributed by atoms with E-state index >= 15 is 0 Å². The third-order valence-corrected chi connectivity index (χ3v) is 4.80. The number of hydrogen-bond acceptors (Lipinski definition) is 7. The van der Waals surface area contributed by atoms with E-state index in [4.69, 9.17) is 4.52 Å². The average molecular weight is 364 g/mol. The topological polar surface area (TPSA) is 97.9 Å². The summed E-state index contributed by atoms with van der Waals surface area (Å²) < 4.78 is 5.28. The van der Waals surface area contributed by atoms with Crippen molar-refractivity contribution in [3.63, 3.8) is 0 Å². The highest BCUT2D eigenvalue weighted by atomic mass is 16.5. The van der Waals surface area contributed by atoms with Crippen molar-refractivity contribution in [1.29, 1.82) is 0 Å². The molecule has 138 valence electrons. The lowest BCUT2D eigenvalue weighted by atomic mass is 10.1. The van der Waals surface area contributed by atoms with Gasteiger partial charge in [-0.3, -0.25) is 4.79 Å². The molecule has 8 nitrogen and oxygen atoms in total. The van der Waals surface area contributed by atoms with Gasteiger partial charge in [-0.1, -0.05) is 5.16 Å². The van der Waals surface area contributed by atoms with Crippen molar-refractivity contribution >= 4 is 5.91 Å². The van der Waals surface area contributed by atoms with E-state index in [-0.39, 0.29) is 11.9 Å². The lowest BCUT2D eigenvalue weighted by Gasteiger charge is -2.24. The molecule has 1 atom stereocenters. The summed E-state index contributed by atoms with van der Waals surface area (Å²) in [6.45, 7) is 6.30. The Hall–Kier alpha value is -3.16. The van der Waals surface area contributed by atoms with E-state index < -0.39 is 0 Å². The molecule has 1 unspecified atom stereocenters. The Bertz CT molecular complexity index is 966. The number of amides is 1. The van der Waals surface area contributed by atoms with Crippen molar-refractivity contribution in [2.75, 3.05) is 6.54 Å². The van der Waals surface area contributed by atoms with Gasteiger partial charge in [-0.05, 0) is 45.7 Å². The second-order valence-electron chi connectivity index (χ2n) is 6.68. The molecule has 0 saturated carbocycles. The Morgan fingerprint density at radius 1 is 1.26 bits per heavy atom. The summed E-state index contributed by atoms with van der Waals surface area (Å²) in [5, 5.41) is 4.02. The third kappa shape index (κ3) is 3.18. The van der Waals surface area contributed by atoms with Gasteiger partial charge in [-0.25, -0.2) is 19.9 Å². The SMILES string of the molecule is Cc1nc(-c2c(C)noc2C)cc(C2CCCN2C(=O)c2ccncn2)n1. The molecule has 0 radical (unpaired) electrons. The minimum atomic E-state index is -0.103. The average Bonchev–Trinajstić information content (AvgIpc) is 3.28. The molecule has 27 heavy (non-hydrogen) atoms. The van der Waals surface area contributed by atoms with Crippen LogP contribution in [0.25, 0.3) is 11.3 Å². The molecular formula is C19H20N6O2. The molecular weight excluding hydrogens is 344 g/mol. The van der Waals surface area contributed by atoms with Gasteiger partial charge in [0.1, 0.15) is 23.6 Å². The molecule has 4 rings (SSSR count). The maximum absolute atomic E-state index is 12.9. The summed E-state index contributed by atoms with van der Waals surface area (Å²) in [6, 6.07) is 3.47. The number of rotatable bonds is 3. The molecule has 0 aliphatic carbocycles. The Kier molecular flexibility index (Phi) is 4.39. The van der Waals surface area contributed by atoms with E-state index in [2.05, 4.69) is 25.1 Å². The highest BCUT2D eigenvalue weighted by Gasteiger charge is 2.33. The van der Waals surface area contributed by atoms with Crippen molar-refractivity contribution in [2.24, 2.45) is 0 Å². The molecule has 0 aromatic carbocycles. The number of nitrogens with zero attached hydrogens (tertiary/aromatic N) is 6. The van der Waals surface area contributed by atoms with Gasteiger partial charge in [0, 0.05) is 12.7 Å². The normalized spacial score (nSPS) is 16.7. The molecule has 0 N–H and O–H groups in total. The predicted octanol–water partition coefficient (Wildman–Crippen LogP) is 2.82. The zero-order valence-electron chi connectivity index (χ0n) is 15.5. The van der Waals surface area contributed by atoms with Crippen LogP contribution >= 0.6 is 0 Å². The van der Waals surface area contributed by atoms with E-state index in [1.807, 2.05) is 31.7 Å². The van der Waals surface area contributed by atoms with E-state index in [9.17, 15) is 4.79 Å². The highest BCUT2D eigenvalue weighted by molar-refractivity contribution is 5.92. The van der Waals surface area contributed by atoms with Gasteiger partial charge in [0.25, 0.3) is 5.91 Å². The monoisotopic (exact) mass is 364 g/mol. The fourth-order valence-corrected chi connectivity index (χ4v) is 3.62. The molecule has 8 heteroatoms. The van der Waals surface area contributed by atoms with Crippen molar-refractivity contribution in [2.45, 2.75) is 39.7 Å². The summed E-state index contributed by atoms with van der Waals surface area (Å²) >= 11 is 0. The number of carbonyl (C=O) groups excluding carboxylic acids is 1. The number of carbonyl (C=O) groups is 1. The van der Waals surface area contributed by atoms with E-state index in [0.29, 0.717) is 18.1 Å². The molecule has 1 saturated heterocycles. The van der Waals surface area contributed by atoms with Crippen LogP contribution in [0.1, 0.15) is 52.3 Å². The second kappa shape index (κ2) is 6.86. The zero-order chi connectivity index (χ0) is 19.0. The Balaban J connectivity index is 1.71. The fourth-order valence-electron chi connectivity index (χ4n) is 3.62. The number of hydrogen-bond donors (Lipinski definition) is 0. The van der Waals surface area contributed by atoms with E-state index in [1.165, 1.54) is 6.33 Å². The van der Waals surface area contributed by atoms with Gasteiger partial charge in [-0.15, -0.1) is 0 Å². The van der Waals surface area contributed by atoms with E-state index in [0.717, 1.165) is 41.2 Å². The van der Waals surface area contributed by atoms with Gasteiger partial charge < -0.3 is 9.42 Å². The van der Waals surface area contributed by atoms with Crippen molar-refractivity contribution in [3.8, 4) is 11.3 Å². The highest BCUT2D eigenvalue weighted by Crippen LogP contribution is 2.34. The summed E-state index contributed by atoms with van der Waals surface area (Å²) in [5.41, 5.74) is 3.67. The number of aromatic nitrogens is 5. The summed E-state index contributed by atoms with van der Waals surface area (Å²) in [7, 11) is 0. The van der Waals surface area contributed by atoms with Gasteiger partial charge in [0.2, 0.25) is 0 Å². The van der Waals surface area contributed by atoms with Crippen molar-refractivity contribution in [1.82, 2.24) is 30.0 Å². The molecule has 3 aromatic rings. The van der Waals surface area contributed by atoms with Gasteiger partial charge in [-0.2, -0.15) is 0 Å². The first-order valence-electron chi connectivity index (χ1n) is 8.90. The zero-order valence-corrected chi connectivity index (χ0v) is 15.5. The first kappa shape index (κ1) is 17.3. The van der Waals surface area contributed by atoms with Crippen LogP contribution in [-0.4, -0.2) is 42.4 Å². The fraction of sp³-hybridized carbons (Fsp3) is 0.368. The smallest absolute Gasteiger partial charge is 0.273 e. The molecule has 0 spiro atoms. The largest absolute Gasteiger partial charge is 0.361 e. The molecule has 1 fully saturated rings. The van der Waals surface area contributed by atoms with Crippen molar-refractivity contribution < 1.29 is 9.32 Å². The van der Waals surface area contributed by atoms with Crippen LogP contribution in [0.3, 0.4) is 0 Å². The molecule has 3 aromatic heterocycles. The number of likely N-dealkylation sites (tertiary alicyclic amines) is 1. The minimum absolute atomic E-state index is 0.102. The van der Waals surface area contributed by atoms with Crippen LogP contribution in [-0.2, 0) is 0 Å². The van der Waals surface area contributed by atoms with Crippen LogP contribution in [0.4, 0.5) is 0 Å². The molecule has 4 heterocycles. The summed E-state index contributed by atoms with van der Waals surface area (Å²) in [6.07, 6.45) is 4.75. The first-order valence-corrected chi connectivity index (χ1v) is 8.90. The van der Waals surface area contributed by atoms with Crippen LogP contribution in [0, 0.1) is 20.8 Å². The summed E-state index contributed by atoms with van der Waals surface area (Å²) in [4.78, 5) is 31.9. The maximum atomic E-state index is 12.9. The van der Waals surface area contributed by atoms with Gasteiger partial charge >= 0.3 is 0 Å². The Morgan fingerprint density at radius 2 is 2.11 bits per heavy atom. The number of aryl methyl sites for hydroxylation is 3. The first-order chi connectivity index (χ1) is 13.0. The quantitative estimate of drug-likeness (QED) is 0.705. The van der Waals surface area contributed by atoms with Gasteiger partial charge in [0.05, 0.1) is 28.7 Å². The molecule has 1 amide bonds. The molecule has 1 aliphatic heterocycles. The van der Waals surface area contributed by atoms with E-state index in [1.54, 1.807) is 12.3 Å². The lowest BCUT2D eigenvalue weighted by Crippen LogP contribution is -2.31. The van der Waals surface area contributed by atoms with Crippen LogP contribution < -0.4 is 0 Å². The molecule has 0 bridgehead atoms. The Labute approximate surface area is 156 Å². The van der Waals surface area contributed by atoms with Crippen LogP contribution in [0.2, 0.25) is 0 Å².